The van der Waals surface area contributed by atoms with Crippen LogP contribution in [-0.4, -0.2) is 49.2 Å². The minimum Gasteiger partial charge on any atom is -0.361 e. The van der Waals surface area contributed by atoms with Gasteiger partial charge in [-0.3, -0.25) is 14.7 Å². The Morgan fingerprint density at radius 3 is 2.81 bits per heavy atom. The van der Waals surface area contributed by atoms with Crippen molar-refractivity contribution in [3.8, 4) is 0 Å². The van der Waals surface area contributed by atoms with Crippen LogP contribution in [0.5, 0.6) is 0 Å². The van der Waals surface area contributed by atoms with Crippen LogP contribution in [0.1, 0.15) is 10.4 Å². The molecule has 6 nitrogen and oxygen atoms in total. The first kappa shape index (κ1) is 20.6. The third-order valence-corrected chi connectivity index (χ3v) is 6.05. The molecule has 8 heteroatoms. The highest BCUT2D eigenvalue weighted by atomic mass is 35.5. The number of allylic oxidation sites excluding steroid dienone is 1. The topological polar surface area (TPSA) is 56.6 Å². The number of ketones is 1. The molecule has 142 valence electrons. The van der Waals surface area contributed by atoms with E-state index < -0.39 is 8.07 Å². The second-order valence-corrected chi connectivity index (χ2v) is 13.3. The van der Waals surface area contributed by atoms with Crippen LogP contribution in [0.25, 0.3) is 11.0 Å². The summed E-state index contributed by atoms with van der Waals surface area (Å²) in [7, 11) is 2.10. The summed E-state index contributed by atoms with van der Waals surface area (Å²) < 4.78 is 7.67. The lowest BCUT2D eigenvalue weighted by Gasteiger charge is -2.15. The van der Waals surface area contributed by atoms with Crippen molar-refractivity contribution in [1.29, 1.82) is 0 Å². The Kier molecular flexibility index (Phi) is 6.99. The predicted molar refractivity (Wildman–Crippen MR) is 107 cm³/mol. The fourth-order valence-corrected chi connectivity index (χ4v) is 3.29. The maximum Gasteiger partial charge on any atom is 0.190 e. The van der Waals surface area contributed by atoms with Crippen molar-refractivity contribution in [2.24, 2.45) is 0 Å². The van der Waals surface area contributed by atoms with E-state index in [4.69, 9.17) is 21.2 Å². The number of ether oxygens (including phenoxy) is 1. The maximum atomic E-state index is 12.3. The fraction of sp³-hybridized carbons (Fsp3) is 0.444. The molecule has 0 bridgehead atoms. The van der Waals surface area contributed by atoms with Crippen molar-refractivity contribution in [3.05, 3.63) is 41.3 Å². The van der Waals surface area contributed by atoms with Crippen LogP contribution in [0.2, 0.25) is 30.7 Å². The lowest BCUT2D eigenvalue weighted by atomic mass is 10.1. The van der Waals surface area contributed by atoms with Gasteiger partial charge in [-0.2, -0.15) is 0 Å². The number of carbonyl (C=O) groups excluding carboxylic acids is 1. The van der Waals surface area contributed by atoms with Gasteiger partial charge in [0, 0.05) is 51.8 Å². The SMILES string of the molecule is CON(C)/C=C/C(=O)c1cnc2c(ccn2COCC[Si](C)(C)C)c1Cl. The Morgan fingerprint density at radius 2 is 2.15 bits per heavy atom. The molecule has 26 heavy (non-hydrogen) atoms. The number of hydroxylamine groups is 2. The Bertz CT molecular complexity index is 799. The lowest BCUT2D eigenvalue weighted by molar-refractivity contribution is -0.0645. The highest BCUT2D eigenvalue weighted by Crippen LogP contribution is 2.27. The first-order valence-electron chi connectivity index (χ1n) is 8.43. The van der Waals surface area contributed by atoms with Crippen molar-refractivity contribution in [3.63, 3.8) is 0 Å². The van der Waals surface area contributed by atoms with Crippen molar-refractivity contribution < 1.29 is 14.4 Å². The molecule has 0 aromatic carbocycles. The van der Waals surface area contributed by atoms with Crippen LogP contribution in [0.4, 0.5) is 0 Å². The van der Waals surface area contributed by atoms with Gasteiger partial charge < -0.3 is 9.30 Å². The second-order valence-electron chi connectivity index (χ2n) is 7.27. The molecule has 2 heterocycles. The fourth-order valence-electron chi connectivity index (χ4n) is 2.25. The van der Waals surface area contributed by atoms with Gasteiger partial charge in [-0.05, 0) is 12.1 Å². The number of carbonyl (C=O) groups is 1. The van der Waals surface area contributed by atoms with Crippen LogP contribution in [0.3, 0.4) is 0 Å². The number of hydrogen-bond acceptors (Lipinski definition) is 5. The van der Waals surface area contributed by atoms with Gasteiger partial charge in [0.15, 0.2) is 5.78 Å². The minimum atomic E-state index is -1.11. The first-order chi connectivity index (χ1) is 12.2. The number of fused-ring (bicyclic) bond motifs is 1. The third kappa shape index (κ3) is 5.41. The Morgan fingerprint density at radius 1 is 1.42 bits per heavy atom. The van der Waals surface area contributed by atoms with E-state index in [1.165, 1.54) is 30.6 Å². The molecule has 0 aliphatic heterocycles. The smallest absolute Gasteiger partial charge is 0.190 e. The Hall–Kier alpha value is -1.67. The summed E-state index contributed by atoms with van der Waals surface area (Å²) in [5, 5.41) is 2.55. The average molecular weight is 396 g/mol. The van der Waals surface area contributed by atoms with Crippen molar-refractivity contribution in [2.45, 2.75) is 32.4 Å². The van der Waals surface area contributed by atoms with Gasteiger partial charge in [0.25, 0.3) is 0 Å². The summed E-state index contributed by atoms with van der Waals surface area (Å²) in [6.07, 6.45) is 6.30. The minimum absolute atomic E-state index is 0.229. The predicted octanol–water partition coefficient (Wildman–Crippen LogP) is 4.19. The van der Waals surface area contributed by atoms with E-state index in [9.17, 15) is 4.79 Å². The van der Waals surface area contributed by atoms with E-state index in [-0.39, 0.29) is 5.78 Å². The molecule has 0 spiro atoms. The molecule has 2 rings (SSSR count). The van der Waals surface area contributed by atoms with Crippen molar-refractivity contribution in [2.75, 3.05) is 20.8 Å². The van der Waals surface area contributed by atoms with Gasteiger partial charge in [0.2, 0.25) is 0 Å². The molecule has 0 aliphatic carbocycles. The number of aromatic nitrogens is 2. The molecule has 0 N–H and O–H groups in total. The van der Waals surface area contributed by atoms with Gasteiger partial charge in [0.1, 0.15) is 12.4 Å². The number of halogens is 1. The maximum absolute atomic E-state index is 12.3. The van der Waals surface area contributed by atoms with Gasteiger partial charge in [-0.25, -0.2) is 4.98 Å². The third-order valence-electron chi connectivity index (χ3n) is 3.94. The zero-order valence-corrected chi connectivity index (χ0v) is 17.7. The van der Waals surface area contributed by atoms with Crippen LogP contribution < -0.4 is 0 Å². The van der Waals surface area contributed by atoms with Gasteiger partial charge in [-0.15, -0.1) is 0 Å². The number of rotatable bonds is 9. The van der Waals surface area contributed by atoms with Gasteiger partial charge >= 0.3 is 0 Å². The monoisotopic (exact) mass is 395 g/mol. The molecule has 0 fully saturated rings. The molecule has 0 aliphatic rings. The molecule has 0 unspecified atom stereocenters. The standard InChI is InChI=1S/C18H26ClN3O3Si/c1-21(24-2)8-7-16(23)15-12-20-18-14(17(15)19)6-9-22(18)13-25-10-11-26(3,4)5/h6-9,12H,10-11,13H2,1-5H3/b8-7+. The van der Waals surface area contributed by atoms with E-state index in [2.05, 4.69) is 24.6 Å². The van der Waals surface area contributed by atoms with Crippen LogP contribution in [0, 0.1) is 0 Å². The summed E-state index contributed by atoms with van der Waals surface area (Å²) in [5.41, 5.74) is 1.06. The highest BCUT2D eigenvalue weighted by Gasteiger charge is 2.15. The zero-order valence-electron chi connectivity index (χ0n) is 16.0. The second kappa shape index (κ2) is 8.81. The molecule has 2 aromatic heterocycles. The van der Waals surface area contributed by atoms with Crippen LogP contribution in [-0.2, 0) is 16.3 Å². The summed E-state index contributed by atoms with van der Waals surface area (Å²) in [6, 6.07) is 2.97. The lowest BCUT2D eigenvalue weighted by Crippen LogP contribution is -2.22. The molecule has 0 amide bonds. The number of hydrogen-bond donors (Lipinski definition) is 0. The van der Waals surface area contributed by atoms with E-state index in [0.717, 1.165) is 18.0 Å². The summed E-state index contributed by atoms with van der Waals surface area (Å²) in [6.45, 7) is 8.11. The Balaban J connectivity index is 2.13. The quantitative estimate of drug-likeness (QED) is 0.209. The van der Waals surface area contributed by atoms with Gasteiger partial charge in [-0.1, -0.05) is 31.2 Å². The Labute approximate surface area is 160 Å². The van der Waals surface area contributed by atoms with Crippen molar-refractivity contribution in [1.82, 2.24) is 14.6 Å². The largest absolute Gasteiger partial charge is 0.361 e. The molecule has 0 saturated carbocycles. The van der Waals surface area contributed by atoms with E-state index in [1.54, 1.807) is 7.05 Å². The van der Waals surface area contributed by atoms with Crippen LogP contribution >= 0.6 is 11.6 Å². The molecule has 0 radical (unpaired) electrons. The van der Waals surface area contributed by atoms with E-state index in [1.807, 2.05) is 16.8 Å². The summed E-state index contributed by atoms with van der Waals surface area (Å²) in [5.74, 6) is -0.229. The molecule has 0 atom stereocenters. The zero-order chi connectivity index (χ0) is 19.3. The number of pyridine rings is 1. The normalized spacial score (nSPS) is 12.2. The highest BCUT2D eigenvalue weighted by molar-refractivity contribution is 6.76. The molecular formula is C18H26ClN3O3Si. The summed E-state index contributed by atoms with van der Waals surface area (Å²) in [4.78, 5) is 21.7. The molecule has 2 aromatic rings. The number of nitrogens with zero attached hydrogens (tertiary/aromatic N) is 3. The molecule has 0 saturated heterocycles. The van der Waals surface area contributed by atoms with Crippen molar-refractivity contribution >= 4 is 36.5 Å². The average Bonchev–Trinajstić information content (AvgIpc) is 2.99. The van der Waals surface area contributed by atoms with Crippen LogP contribution in [0.15, 0.2) is 30.7 Å². The van der Waals surface area contributed by atoms with Gasteiger partial charge in [0.05, 0.1) is 17.7 Å². The molecular weight excluding hydrogens is 370 g/mol. The van der Waals surface area contributed by atoms with E-state index >= 15 is 0 Å². The van der Waals surface area contributed by atoms with E-state index in [0.29, 0.717) is 23.0 Å². The summed E-state index contributed by atoms with van der Waals surface area (Å²) >= 11 is 6.43. The first-order valence-corrected chi connectivity index (χ1v) is 12.5.